The summed E-state index contributed by atoms with van der Waals surface area (Å²) in [5.74, 6) is 0. The molecule has 8 heteroatoms. The summed E-state index contributed by atoms with van der Waals surface area (Å²) >= 11 is 0. The van der Waals surface area contributed by atoms with Crippen molar-refractivity contribution in [1.29, 1.82) is 0 Å². The van der Waals surface area contributed by atoms with Gasteiger partial charge in [-0.15, -0.1) is 0 Å². The summed E-state index contributed by atoms with van der Waals surface area (Å²) in [6.45, 7) is -0.281. The van der Waals surface area contributed by atoms with Crippen molar-refractivity contribution in [3.05, 3.63) is 146 Å². The first-order valence-corrected chi connectivity index (χ1v) is 17.2. The van der Waals surface area contributed by atoms with E-state index in [1.165, 1.54) is 33.2 Å². The Labute approximate surface area is 286 Å². The zero-order chi connectivity index (χ0) is 32.2. The first-order chi connectivity index (χ1) is 24.9. The quantitative estimate of drug-likeness (QED) is 0.123. The first kappa shape index (κ1) is 25.5. The number of nitrogens with zero attached hydrogens (tertiary/aromatic N) is 4. The van der Waals surface area contributed by atoms with E-state index >= 15 is 0 Å². The van der Waals surface area contributed by atoms with Gasteiger partial charge in [-0.25, -0.2) is 0 Å². The minimum absolute atomic E-state index is 0.141. The van der Waals surface area contributed by atoms with Crippen LogP contribution >= 0.6 is 0 Å². The van der Waals surface area contributed by atoms with Gasteiger partial charge in [-0.2, -0.15) is 0 Å². The maximum Gasteiger partial charge on any atom is 0.421 e. The predicted octanol–water partition coefficient (Wildman–Crippen LogP) is 8.96. The number of fused-ring (bicyclic) bond motifs is 22. The van der Waals surface area contributed by atoms with E-state index in [1.807, 2.05) is 0 Å². The van der Waals surface area contributed by atoms with Gasteiger partial charge in [0.2, 0.25) is 0 Å². The van der Waals surface area contributed by atoms with Crippen molar-refractivity contribution < 1.29 is 8.83 Å². The van der Waals surface area contributed by atoms with Crippen LogP contribution in [-0.2, 0) is 0 Å². The third-order valence-electron chi connectivity index (χ3n) is 11.3. The van der Waals surface area contributed by atoms with Gasteiger partial charge in [0.05, 0.1) is 11.0 Å². The number of rotatable bonds is 0. The molecule has 50 heavy (non-hydrogen) atoms. The molecule has 0 N–H and O–H groups in total. The van der Waals surface area contributed by atoms with Crippen LogP contribution in [0.5, 0.6) is 0 Å². The molecule has 6 heterocycles. The van der Waals surface area contributed by atoms with E-state index in [1.54, 1.807) is 0 Å². The van der Waals surface area contributed by atoms with Gasteiger partial charge in [0.25, 0.3) is 0 Å². The van der Waals surface area contributed by atoms with E-state index in [0.29, 0.717) is 0 Å². The number of hydrogen-bond donors (Lipinski definition) is 0. The summed E-state index contributed by atoms with van der Waals surface area (Å²) in [5.41, 5.74) is 19.3. The molecule has 0 fully saturated rings. The zero-order valence-electron chi connectivity index (χ0n) is 26.6. The van der Waals surface area contributed by atoms with Crippen LogP contribution in [0.1, 0.15) is 0 Å². The molecular weight excluding hydrogens is 614 g/mol. The van der Waals surface area contributed by atoms with Gasteiger partial charge in [-0.1, -0.05) is 109 Å². The second kappa shape index (κ2) is 8.73. The fourth-order valence-corrected chi connectivity index (χ4v) is 9.49. The Balaban J connectivity index is 1.30. The Morgan fingerprint density at radius 2 is 0.760 bits per heavy atom. The fourth-order valence-electron chi connectivity index (χ4n) is 9.49. The Morgan fingerprint density at radius 1 is 0.380 bits per heavy atom. The summed E-state index contributed by atoms with van der Waals surface area (Å²) < 4.78 is 19.4. The molecule has 6 nitrogen and oxygen atoms in total. The molecule has 0 atom stereocenters. The highest BCUT2D eigenvalue weighted by molar-refractivity contribution is 6.84. The van der Waals surface area contributed by atoms with Gasteiger partial charge in [0.15, 0.2) is 11.2 Å². The molecule has 0 saturated heterocycles. The Morgan fingerprint density at radius 3 is 1.24 bits per heavy atom. The van der Waals surface area contributed by atoms with Crippen molar-refractivity contribution in [3.8, 4) is 22.3 Å². The molecule has 0 amide bonds. The smallest absolute Gasteiger partial charge is 0.421 e. The molecule has 0 radical (unpaired) electrons. The van der Waals surface area contributed by atoms with Crippen molar-refractivity contribution >= 4 is 92.0 Å². The summed E-state index contributed by atoms with van der Waals surface area (Å²) in [4.78, 5) is 5.01. The van der Waals surface area contributed by atoms with E-state index in [4.69, 9.17) is 8.83 Å². The largest absolute Gasteiger partial charge is 0.451 e. The van der Waals surface area contributed by atoms with Gasteiger partial charge in [-0.05, 0) is 58.5 Å². The van der Waals surface area contributed by atoms with E-state index in [-0.39, 0.29) is 14.0 Å². The van der Waals surface area contributed by atoms with Crippen molar-refractivity contribution in [2.45, 2.75) is 0 Å². The van der Waals surface area contributed by atoms with Crippen LogP contribution in [0.25, 0.3) is 66.7 Å². The minimum Gasteiger partial charge on any atom is -0.451 e. The summed E-state index contributed by atoms with van der Waals surface area (Å²) in [6, 6.07) is 52.2. The molecule has 9 aromatic rings. The normalized spacial score (nSPS) is 14.2. The molecular formula is C42H24B2N4O2. The Bertz CT molecular complexity index is 2850. The van der Waals surface area contributed by atoms with Crippen LogP contribution < -0.4 is 20.5 Å². The van der Waals surface area contributed by atoms with Gasteiger partial charge >= 0.3 is 14.0 Å². The lowest BCUT2D eigenvalue weighted by molar-refractivity contribution is 0.649. The number of para-hydroxylation sites is 6. The maximum atomic E-state index is 7.21. The highest BCUT2D eigenvalue weighted by Gasteiger charge is 2.52. The van der Waals surface area contributed by atoms with Crippen LogP contribution in [-0.4, -0.2) is 22.9 Å². The van der Waals surface area contributed by atoms with Crippen molar-refractivity contribution in [2.24, 2.45) is 0 Å². The molecule has 13 rings (SSSR count). The summed E-state index contributed by atoms with van der Waals surface area (Å²) in [6.07, 6.45) is 0. The molecule has 0 aliphatic carbocycles. The zero-order valence-corrected chi connectivity index (χ0v) is 26.6. The third-order valence-corrected chi connectivity index (χ3v) is 11.3. The Hall–Kier alpha value is -6.53. The summed E-state index contributed by atoms with van der Waals surface area (Å²) in [7, 11) is 0. The van der Waals surface area contributed by atoms with Crippen molar-refractivity contribution in [2.75, 3.05) is 9.62 Å². The predicted molar refractivity (Wildman–Crippen MR) is 204 cm³/mol. The lowest BCUT2D eigenvalue weighted by Crippen LogP contribution is -2.52. The monoisotopic (exact) mass is 638 g/mol. The van der Waals surface area contributed by atoms with E-state index in [0.717, 1.165) is 67.1 Å². The molecule has 230 valence electrons. The number of hydrogen-bond acceptors (Lipinski definition) is 4. The molecule has 4 aliphatic rings. The van der Waals surface area contributed by atoms with E-state index < -0.39 is 0 Å². The fraction of sp³-hybridized carbons (Fsp3) is 0. The van der Waals surface area contributed by atoms with E-state index in [9.17, 15) is 0 Å². The second-order valence-corrected chi connectivity index (χ2v) is 13.6. The number of anilines is 4. The number of aromatic nitrogens is 2. The van der Waals surface area contributed by atoms with Crippen LogP contribution in [0.2, 0.25) is 0 Å². The molecule has 4 aliphatic heterocycles. The topological polar surface area (TPSA) is 42.6 Å². The Kier molecular flexibility index (Phi) is 4.45. The van der Waals surface area contributed by atoms with Gasteiger partial charge < -0.3 is 27.4 Å². The summed E-state index contributed by atoms with van der Waals surface area (Å²) in [5, 5.41) is 0. The minimum atomic E-state index is -0.141. The van der Waals surface area contributed by atoms with Crippen molar-refractivity contribution in [1.82, 2.24) is 8.96 Å². The lowest BCUT2D eigenvalue weighted by Gasteiger charge is -2.34. The highest BCUT2D eigenvalue weighted by atomic mass is 16.3. The standard InChI is InChI=1S/C42H24B2N4O2/c1-5-17-29-25(13-1)27-15-3-7-19-31(27)45-37-39-42(49-35-23-11-9-21-33(35)47(39)43(29)45)38-40-41(37)50-36-24-12-10-22-34(36)48(40)44-30-18-6-2-14-26(30)28-16-4-8-20-32(28)46(38)44/h1-24H. The van der Waals surface area contributed by atoms with E-state index in [2.05, 4.69) is 164 Å². The van der Waals surface area contributed by atoms with Gasteiger partial charge in [0.1, 0.15) is 33.6 Å². The highest BCUT2D eigenvalue weighted by Crippen LogP contribution is 2.57. The molecule has 0 unspecified atom stereocenters. The molecule has 7 aromatic carbocycles. The number of benzene rings is 7. The van der Waals surface area contributed by atoms with Crippen LogP contribution in [0.3, 0.4) is 0 Å². The second-order valence-electron chi connectivity index (χ2n) is 13.6. The first-order valence-electron chi connectivity index (χ1n) is 17.2. The van der Waals surface area contributed by atoms with Gasteiger partial charge in [0, 0.05) is 22.5 Å². The third kappa shape index (κ3) is 2.81. The van der Waals surface area contributed by atoms with Crippen LogP contribution in [0.15, 0.2) is 154 Å². The maximum absolute atomic E-state index is 7.21. The SMILES string of the molecule is c1ccc2c(c1)B1N(c3ccccc3-2)c2c3oc4ccccc4n4c3c(c3oc5ccccc5n1c23)N1B4c2ccccc2-c2ccccc21. The molecule has 0 spiro atoms. The van der Waals surface area contributed by atoms with Gasteiger partial charge in [-0.3, -0.25) is 0 Å². The van der Waals surface area contributed by atoms with Crippen LogP contribution in [0.4, 0.5) is 22.7 Å². The lowest BCUT2D eigenvalue weighted by atomic mass is 9.60. The molecule has 0 bridgehead atoms. The average Bonchev–Trinajstić information content (AvgIpc) is 3.74. The average molecular weight is 638 g/mol. The van der Waals surface area contributed by atoms with Crippen molar-refractivity contribution in [3.63, 3.8) is 0 Å². The van der Waals surface area contributed by atoms with Crippen LogP contribution in [0, 0.1) is 0 Å². The molecule has 0 saturated carbocycles. The molecule has 2 aromatic heterocycles.